The Morgan fingerprint density at radius 1 is 1.04 bits per heavy atom. The van der Waals surface area contributed by atoms with Gasteiger partial charge in [-0.2, -0.15) is 0 Å². The Kier molecular flexibility index (Phi) is 7.47. The first-order chi connectivity index (χ1) is 12.1. The van der Waals surface area contributed by atoms with Crippen LogP contribution in [0.15, 0.2) is 58.0 Å². The maximum absolute atomic E-state index is 12.1. The van der Waals surface area contributed by atoms with E-state index in [1.807, 2.05) is 24.3 Å². The largest absolute Gasteiger partial charge is 0.355 e. The van der Waals surface area contributed by atoms with Gasteiger partial charge >= 0.3 is 0 Å². The second-order valence-corrected chi connectivity index (χ2v) is 6.46. The molecule has 0 radical (unpaired) electrons. The Hall–Kier alpha value is -2.34. The van der Waals surface area contributed by atoms with Gasteiger partial charge in [-0.3, -0.25) is 9.79 Å². The van der Waals surface area contributed by atoms with E-state index in [0.717, 1.165) is 4.47 Å². The van der Waals surface area contributed by atoms with Crippen LogP contribution in [-0.2, 0) is 6.54 Å². The summed E-state index contributed by atoms with van der Waals surface area (Å²) in [5.41, 5.74) is 3.11. The highest BCUT2D eigenvalue weighted by Gasteiger charge is 2.05. The van der Waals surface area contributed by atoms with Crippen molar-refractivity contribution in [3.8, 4) is 0 Å². The Morgan fingerprint density at radius 3 is 2.52 bits per heavy atom. The number of rotatable bonds is 6. The molecule has 0 atom stereocenters. The number of carbonyl (C=O) groups excluding carboxylic acids is 1. The van der Waals surface area contributed by atoms with E-state index in [1.165, 1.54) is 11.1 Å². The molecule has 2 aromatic rings. The molecule has 0 aromatic heterocycles. The molecule has 0 saturated carbocycles. The number of halogens is 1. The third kappa shape index (κ3) is 6.23. The predicted octanol–water partition coefficient (Wildman–Crippen LogP) is 2.85. The van der Waals surface area contributed by atoms with E-state index in [2.05, 4.69) is 55.9 Å². The molecule has 5 nitrogen and oxygen atoms in total. The number of carbonyl (C=O) groups is 1. The summed E-state index contributed by atoms with van der Waals surface area (Å²) in [7, 11) is 1.73. The standard InChI is InChI=1S/C19H23BrN4O/c1-14-6-3-4-7-16(14)13-24-19(21-2)23-11-10-22-18(25)15-8-5-9-17(20)12-15/h3-9,12H,10-11,13H2,1-2H3,(H,22,25)(H2,21,23,24). The van der Waals surface area contributed by atoms with Crippen LogP contribution in [-0.4, -0.2) is 32.0 Å². The molecule has 6 heteroatoms. The summed E-state index contributed by atoms with van der Waals surface area (Å²) in [6.07, 6.45) is 0. The molecule has 0 heterocycles. The minimum absolute atomic E-state index is 0.0917. The van der Waals surface area contributed by atoms with E-state index in [9.17, 15) is 4.79 Å². The molecule has 25 heavy (non-hydrogen) atoms. The Bertz CT molecular complexity index is 746. The lowest BCUT2D eigenvalue weighted by Crippen LogP contribution is -2.41. The van der Waals surface area contributed by atoms with Crippen molar-refractivity contribution < 1.29 is 4.79 Å². The normalized spacial score (nSPS) is 11.1. The molecule has 0 fully saturated rings. The van der Waals surface area contributed by atoms with Gasteiger partial charge in [-0.15, -0.1) is 0 Å². The molecule has 1 amide bonds. The third-order valence-corrected chi connectivity index (χ3v) is 4.21. The first kappa shape index (κ1) is 19.0. The summed E-state index contributed by atoms with van der Waals surface area (Å²) in [6, 6.07) is 15.6. The number of amides is 1. The van der Waals surface area contributed by atoms with Gasteiger partial charge in [0.05, 0.1) is 0 Å². The zero-order valence-corrected chi connectivity index (χ0v) is 16.1. The van der Waals surface area contributed by atoms with Gasteiger partial charge in [0, 0.05) is 36.7 Å². The van der Waals surface area contributed by atoms with Crippen molar-refractivity contribution in [2.45, 2.75) is 13.5 Å². The molecule has 0 bridgehead atoms. The summed E-state index contributed by atoms with van der Waals surface area (Å²) >= 11 is 3.37. The molecule has 3 N–H and O–H groups in total. The van der Waals surface area contributed by atoms with Gasteiger partial charge in [0.25, 0.3) is 5.91 Å². The van der Waals surface area contributed by atoms with Crippen molar-refractivity contribution in [3.05, 3.63) is 69.7 Å². The molecule has 0 unspecified atom stereocenters. The second kappa shape index (κ2) is 9.84. The highest BCUT2D eigenvalue weighted by molar-refractivity contribution is 9.10. The average Bonchev–Trinajstić information content (AvgIpc) is 2.62. The second-order valence-electron chi connectivity index (χ2n) is 5.55. The smallest absolute Gasteiger partial charge is 0.251 e. The minimum Gasteiger partial charge on any atom is -0.355 e. The van der Waals surface area contributed by atoms with E-state index in [-0.39, 0.29) is 5.91 Å². The molecule has 2 rings (SSSR count). The lowest BCUT2D eigenvalue weighted by molar-refractivity contribution is 0.0954. The highest BCUT2D eigenvalue weighted by atomic mass is 79.9. The molecule has 0 saturated heterocycles. The van der Waals surface area contributed by atoms with Gasteiger partial charge < -0.3 is 16.0 Å². The van der Waals surface area contributed by atoms with Gasteiger partial charge in [-0.25, -0.2) is 0 Å². The number of aryl methyl sites for hydroxylation is 1. The van der Waals surface area contributed by atoms with Gasteiger partial charge in [0.15, 0.2) is 5.96 Å². The number of guanidine groups is 1. The first-order valence-electron chi connectivity index (χ1n) is 8.13. The summed E-state index contributed by atoms with van der Waals surface area (Å²) in [6.45, 7) is 3.89. The van der Waals surface area contributed by atoms with Gasteiger partial charge in [0.2, 0.25) is 0 Å². The number of nitrogens with zero attached hydrogens (tertiary/aromatic N) is 1. The highest BCUT2D eigenvalue weighted by Crippen LogP contribution is 2.11. The van der Waals surface area contributed by atoms with Crippen LogP contribution in [0.5, 0.6) is 0 Å². The van der Waals surface area contributed by atoms with E-state index in [0.29, 0.717) is 31.2 Å². The Labute approximate surface area is 157 Å². The fourth-order valence-electron chi connectivity index (χ4n) is 2.30. The van der Waals surface area contributed by atoms with Crippen LogP contribution in [0.25, 0.3) is 0 Å². The number of benzene rings is 2. The van der Waals surface area contributed by atoms with Crippen molar-refractivity contribution in [1.82, 2.24) is 16.0 Å². The molecule has 0 aliphatic carbocycles. The van der Waals surface area contributed by atoms with Crippen molar-refractivity contribution in [3.63, 3.8) is 0 Å². The van der Waals surface area contributed by atoms with Crippen LogP contribution in [0.3, 0.4) is 0 Å². The number of nitrogens with one attached hydrogen (secondary N) is 3. The SMILES string of the molecule is CN=C(NCCNC(=O)c1cccc(Br)c1)NCc1ccccc1C. The van der Waals surface area contributed by atoms with E-state index in [1.54, 1.807) is 19.2 Å². The van der Waals surface area contributed by atoms with Crippen LogP contribution >= 0.6 is 15.9 Å². The zero-order valence-electron chi connectivity index (χ0n) is 14.5. The Morgan fingerprint density at radius 2 is 1.80 bits per heavy atom. The van der Waals surface area contributed by atoms with Crippen LogP contribution in [0.1, 0.15) is 21.5 Å². The van der Waals surface area contributed by atoms with Crippen molar-refractivity contribution >= 4 is 27.8 Å². The topological polar surface area (TPSA) is 65.5 Å². The molecule has 0 aliphatic rings. The van der Waals surface area contributed by atoms with Crippen molar-refractivity contribution in [2.75, 3.05) is 20.1 Å². The molecular formula is C19H23BrN4O. The van der Waals surface area contributed by atoms with Crippen molar-refractivity contribution in [1.29, 1.82) is 0 Å². The van der Waals surface area contributed by atoms with E-state index >= 15 is 0 Å². The molecule has 2 aromatic carbocycles. The lowest BCUT2D eigenvalue weighted by atomic mass is 10.1. The van der Waals surface area contributed by atoms with Crippen LogP contribution < -0.4 is 16.0 Å². The maximum atomic E-state index is 12.1. The maximum Gasteiger partial charge on any atom is 0.251 e. The predicted molar refractivity (Wildman–Crippen MR) is 106 cm³/mol. The van der Waals surface area contributed by atoms with Crippen LogP contribution in [0, 0.1) is 6.92 Å². The number of aliphatic imine (C=N–C) groups is 1. The van der Waals surface area contributed by atoms with Gasteiger partial charge in [0.1, 0.15) is 0 Å². The first-order valence-corrected chi connectivity index (χ1v) is 8.92. The summed E-state index contributed by atoms with van der Waals surface area (Å²) in [5.74, 6) is 0.617. The number of hydrogen-bond acceptors (Lipinski definition) is 2. The summed E-state index contributed by atoms with van der Waals surface area (Å²) in [5, 5.41) is 9.35. The Balaban J connectivity index is 1.72. The average molecular weight is 403 g/mol. The fourth-order valence-corrected chi connectivity index (χ4v) is 2.70. The minimum atomic E-state index is -0.0917. The molecular weight excluding hydrogens is 380 g/mol. The molecule has 132 valence electrons. The van der Waals surface area contributed by atoms with E-state index < -0.39 is 0 Å². The van der Waals surface area contributed by atoms with E-state index in [4.69, 9.17) is 0 Å². The monoisotopic (exact) mass is 402 g/mol. The van der Waals surface area contributed by atoms with Crippen LogP contribution in [0.4, 0.5) is 0 Å². The zero-order chi connectivity index (χ0) is 18.1. The lowest BCUT2D eigenvalue weighted by Gasteiger charge is -2.13. The molecule has 0 spiro atoms. The van der Waals surface area contributed by atoms with Crippen molar-refractivity contribution in [2.24, 2.45) is 4.99 Å². The quantitative estimate of drug-likeness (QED) is 0.395. The summed E-state index contributed by atoms with van der Waals surface area (Å²) in [4.78, 5) is 16.2. The molecule has 0 aliphatic heterocycles. The fraction of sp³-hybridized carbons (Fsp3) is 0.263. The summed E-state index contributed by atoms with van der Waals surface area (Å²) < 4.78 is 0.888. The number of hydrogen-bond donors (Lipinski definition) is 3. The third-order valence-electron chi connectivity index (χ3n) is 3.72. The van der Waals surface area contributed by atoms with Gasteiger partial charge in [-0.1, -0.05) is 46.3 Å². The van der Waals surface area contributed by atoms with Crippen LogP contribution in [0.2, 0.25) is 0 Å². The van der Waals surface area contributed by atoms with Gasteiger partial charge in [-0.05, 0) is 36.2 Å².